The first kappa shape index (κ1) is 38.3. The third kappa shape index (κ3) is 8.64. The van der Waals surface area contributed by atoms with Crippen LogP contribution in [0.5, 0.6) is 0 Å². The number of rotatable bonds is 8. The summed E-state index contributed by atoms with van der Waals surface area (Å²) in [4.78, 5) is 9.37. The number of hydrogen-bond acceptors (Lipinski definition) is 3. The van der Waals surface area contributed by atoms with Gasteiger partial charge in [-0.2, -0.15) is 0 Å². The van der Waals surface area contributed by atoms with Crippen molar-refractivity contribution in [3.8, 4) is 33.6 Å². The van der Waals surface area contributed by atoms with Crippen molar-refractivity contribution in [3.05, 3.63) is 163 Å². The van der Waals surface area contributed by atoms with E-state index in [4.69, 9.17) is 12.1 Å². The molecule has 9 aromatic rings. The molecule has 0 N–H and O–H groups in total. The molecule has 9 rings (SSSR count). The molecule has 0 aliphatic rings. The summed E-state index contributed by atoms with van der Waals surface area (Å²) in [5.41, 5.74) is 9.59. The summed E-state index contributed by atoms with van der Waals surface area (Å²) in [5.74, 6) is 0.486. The van der Waals surface area contributed by atoms with Crippen LogP contribution in [0.4, 0.5) is 0 Å². The fourth-order valence-electron chi connectivity index (χ4n) is 7.82. The average Bonchev–Trinajstić information content (AvgIpc) is 3.63. The van der Waals surface area contributed by atoms with E-state index in [9.17, 15) is 0 Å². The Labute approximate surface area is 360 Å². The fourth-order valence-corrected chi connectivity index (χ4v) is 9.41. The first-order chi connectivity index (χ1) is 28.3. The van der Waals surface area contributed by atoms with Gasteiger partial charge in [0.05, 0.1) is 13.7 Å². The van der Waals surface area contributed by atoms with Gasteiger partial charge in [0.15, 0.2) is 0 Å². The molecule has 58 heavy (non-hydrogen) atoms. The Kier molecular flexibility index (Phi) is 11.5. The van der Waals surface area contributed by atoms with E-state index in [2.05, 4.69) is 148 Å². The Morgan fingerprint density at radius 3 is 2.12 bits per heavy atom. The van der Waals surface area contributed by atoms with Gasteiger partial charge in [-0.15, -0.1) is 53.6 Å². The van der Waals surface area contributed by atoms with Crippen molar-refractivity contribution >= 4 is 56.7 Å². The first-order valence-electron chi connectivity index (χ1n) is 21.0. The van der Waals surface area contributed by atoms with Gasteiger partial charge in [0, 0.05) is 46.0 Å². The summed E-state index contributed by atoms with van der Waals surface area (Å²) in [6.07, 6.45) is 3.45. The summed E-state index contributed by atoms with van der Waals surface area (Å²) in [7, 11) is -1.40. The summed E-state index contributed by atoms with van der Waals surface area (Å²) in [6, 6.07) is 50.2. The van der Waals surface area contributed by atoms with E-state index in [1.54, 1.807) is 12.3 Å². The van der Waals surface area contributed by atoms with Crippen molar-refractivity contribution in [2.45, 2.75) is 60.1 Å². The van der Waals surface area contributed by atoms with Gasteiger partial charge in [0.2, 0.25) is 0 Å². The number of fused-ring (bicyclic) bond motifs is 7. The predicted molar refractivity (Wildman–Crippen MR) is 245 cm³/mol. The first-order valence-corrected chi connectivity index (χ1v) is 23.5. The second-order valence-electron chi connectivity index (χ2n) is 16.7. The topological polar surface area (TPSA) is 38.9 Å². The standard InChI is InChI=1S/C29H22NO.C24H28NSi.Ir/c1-18(2)16-19-14-15-30-27(17-19)26-9-5-8-23-25-13-12-22-21-7-4-3-6-20(21)10-11-24(22)28(25)31-29(23)26;1-18(2)14-22-16-23(25-17-24(22)26(3,4)5)21-13-9-12-20(15-21)19-10-7-6-8-11-19;/h3-8,10-15,17-18H,16H2,1-2H3;6-12,15-18H,14H2,1-5H3;/q2*-1;/i16D2;;. The van der Waals surface area contributed by atoms with Crippen molar-refractivity contribution in [2.24, 2.45) is 11.8 Å². The molecule has 6 aromatic carbocycles. The smallest absolute Gasteiger partial charge is 0.128 e. The molecule has 0 spiro atoms. The zero-order chi connectivity index (χ0) is 41.5. The summed E-state index contributed by atoms with van der Waals surface area (Å²) < 4.78 is 23.5. The third-order valence-electron chi connectivity index (χ3n) is 10.4. The Morgan fingerprint density at radius 1 is 0.638 bits per heavy atom. The molecule has 0 atom stereocenters. The second kappa shape index (κ2) is 17.3. The Bertz CT molecular complexity index is 2950. The summed E-state index contributed by atoms with van der Waals surface area (Å²) in [5, 5.41) is 8.18. The van der Waals surface area contributed by atoms with Crippen LogP contribution < -0.4 is 5.19 Å². The van der Waals surface area contributed by atoms with Crippen molar-refractivity contribution in [3.63, 3.8) is 0 Å². The van der Waals surface area contributed by atoms with Gasteiger partial charge in [0.1, 0.15) is 5.58 Å². The maximum absolute atomic E-state index is 8.49. The van der Waals surface area contributed by atoms with E-state index in [1.807, 2.05) is 44.2 Å². The molecular weight excluding hydrogens is 901 g/mol. The van der Waals surface area contributed by atoms with Crippen molar-refractivity contribution < 1.29 is 27.3 Å². The van der Waals surface area contributed by atoms with Crippen molar-refractivity contribution in [1.82, 2.24) is 9.97 Å². The number of hydrogen-bond donors (Lipinski definition) is 0. The zero-order valence-electron chi connectivity index (χ0n) is 36.3. The van der Waals surface area contributed by atoms with Crippen molar-refractivity contribution in [1.29, 1.82) is 0 Å². The Morgan fingerprint density at radius 2 is 1.34 bits per heavy atom. The normalized spacial score (nSPS) is 12.4. The van der Waals surface area contributed by atoms with Gasteiger partial charge in [-0.3, -0.25) is 0 Å². The van der Waals surface area contributed by atoms with Crippen LogP contribution in [0, 0.1) is 24.0 Å². The molecule has 3 aromatic heterocycles. The molecule has 293 valence electrons. The summed E-state index contributed by atoms with van der Waals surface area (Å²) >= 11 is 0. The maximum Gasteiger partial charge on any atom is 0.128 e. The average molecular weight is 953 g/mol. The number of furan rings is 1. The van der Waals surface area contributed by atoms with E-state index in [0.29, 0.717) is 17.2 Å². The minimum Gasteiger partial charge on any atom is -0.500 e. The van der Waals surface area contributed by atoms with Crippen LogP contribution in [0.1, 0.15) is 41.6 Å². The molecule has 0 amide bonds. The predicted octanol–water partition coefficient (Wildman–Crippen LogP) is 13.9. The van der Waals surface area contributed by atoms with E-state index < -0.39 is 14.4 Å². The van der Waals surface area contributed by atoms with E-state index in [0.717, 1.165) is 56.0 Å². The van der Waals surface area contributed by atoms with E-state index >= 15 is 0 Å². The molecule has 0 unspecified atom stereocenters. The van der Waals surface area contributed by atoms with Gasteiger partial charge in [-0.25, -0.2) is 0 Å². The maximum atomic E-state index is 8.49. The quantitative estimate of drug-likeness (QED) is 0.0865. The molecule has 0 saturated carbocycles. The SMILES string of the molecule is CC(C)Cc1cc(-c2[c-]ccc(-c3ccccc3)c2)ncc1[Si](C)(C)C.[2H]C([2H])(c1ccnc(-c2[c-]ccc3c2oc2c3ccc3c4ccccc4ccc32)c1)C(C)C.[Ir]. The van der Waals surface area contributed by atoms with Crippen LogP contribution >= 0.6 is 0 Å². The molecular formula is C53H50IrN2OSi-2. The third-order valence-corrected chi connectivity index (χ3v) is 12.5. The van der Waals surface area contributed by atoms with E-state index in [-0.39, 0.29) is 26.0 Å². The van der Waals surface area contributed by atoms with Crippen LogP contribution in [-0.2, 0) is 32.9 Å². The minimum atomic E-state index is -1.45. The van der Waals surface area contributed by atoms with Gasteiger partial charge < -0.3 is 14.4 Å². The van der Waals surface area contributed by atoms with Crippen LogP contribution in [0.15, 0.2) is 144 Å². The molecule has 0 bridgehead atoms. The van der Waals surface area contributed by atoms with Crippen molar-refractivity contribution in [2.75, 3.05) is 0 Å². The Balaban J connectivity index is 0.000000184. The van der Waals surface area contributed by atoms with Crippen LogP contribution in [-0.4, -0.2) is 18.0 Å². The van der Waals surface area contributed by atoms with Crippen LogP contribution in [0.2, 0.25) is 19.6 Å². The Hall–Kier alpha value is -5.19. The minimum absolute atomic E-state index is 0. The zero-order valence-corrected chi connectivity index (χ0v) is 37.7. The second-order valence-corrected chi connectivity index (χ2v) is 21.7. The van der Waals surface area contributed by atoms with Gasteiger partial charge in [-0.05, 0) is 69.0 Å². The number of pyridine rings is 2. The molecule has 3 heterocycles. The fraction of sp³-hybridized carbons (Fsp3) is 0.208. The van der Waals surface area contributed by atoms with E-state index in [1.165, 1.54) is 32.6 Å². The van der Waals surface area contributed by atoms with Crippen LogP contribution in [0.25, 0.3) is 77.1 Å². The number of benzene rings is 6. The number of nitrogens with zero attached hydrogens (tertiary/aromatic N) is 2. The number of aromatic nitrogens is 2. The van der Waals surface area contributed by atoms with Gasteiger partial charge in [-0.1, -0.05) is 160 Å². The molecule has 0 aliphatic carbocycles. The van der Waals surface area contributed by atoms with Crippen LogP contribution in [0.3, 0.4) is 0 Å². The van der Waals surface area contributed by atoms with Gasteiger partial charge in [0.25, 0.3) is 0 Å². The molecule has 3 nitrogen and oxygen atoms in total. The molecule has 0 fully saturated rings. The molecule has 5 heteroatoms. The van der Waals surface area contributed by atoms with Gasteiger partial charge >= 0.3 is 0 Å². The molecule has 0 aliphatic heterocycles. The molecule has 1 radical (unpaired) electrons. The largest absolute Gasteiger partial charge is 0.500 e. The monoisotopic (exact) mass is 953 g/mol. The summed E-state index contributed by atoms with van der Waals surface area (Å²) in [6.45, 7) is 15.6. The molecule has 0 saturated heterocycles.